The number of rotatable bonds is 6. The van der Waals surface area contributed by atoms with E-state index in [4.69, 9.17) is 4.74 Å². The van der Waals surface area contributed by atoms with E-state index in [0.717, 1.165) is 25.3 Å². The van der Waals surface area contributed by atoms with E-state index in [9.17, 15) is 22.0 Å². The molecule has 35 heavy (non-hydrogen) atoms. The first kappa shape index (κ1) is 24.3. The second-order valence-corrected chi connectivity index (χ2v) is 8.07. The Kier molecular flexibility index (Phi) is 7.36. The van der Waals surface area contributed by atoms with Gasteiger partial charge in [0.15, 0.2) is 17.5 Å². The number of hydrogen-bond donors (Lipinski definition) is 0. The summed E-state index contributed by atoms with van der Waals surface area (Å²) >= 11 is 0. The number of hydrogen-bond acceptors (Lipinski definition) is 1. The Labute approximate surface area is 200 Å². The van der Waals surface area contributed by atoms with Gasteiger partial charge in [0, 0.05) is 28.6 Å². The van der Waals surface area contributed by atoms with Crippen molar-refractivity contribution >= 4 is 10.8 Å². The lowest BCUT2D eigenvalue weighted by Gasteiger charge is -2.10. The summed E-state index contributed by atoms with van der Waals surface area (Å²) < 4.78 is 75.5. The SMILES string of the molecule is CCCCCOc1cc(F)c(-c2ccc(C#Cc3ccc4c(F)c(F)c(F)cc4c3)cc2)c(F)c1. The molecule has 0 radical (unpaired) electrons. The first-order valence-corrected chi connectivity index (χ1v) is 11.2. The van der Waals surface area contributed by atoms with Gasteiger partial charge in [0.25, 0.3) is 0 Å². The van der Waals surface area contributed by atoms with Crippen LogP contribution in [0.5, 0.6) is 5.75 Å². The molecule has 0 N–H and O–H groups in total. The van der Waals surface area contributed by atoms with Gasteiger partial charge in [0.05, 0.1) is 12.2 Å². The van der Waals surface area contributed by atoms with Gasteiger partial charge in [0.1, 0.15) is 17.4 Å². The third-order valence-corrected chi connectivity index (χ3v) is 5.53. The maximum Gasteiger partial charge on any atom is 0.195 e. The van der Waals surface area contributed by atoms with Crippen LogP contribution >= 0.6 is 0 Å². The van der Waals surface area contributed by atoms with Crippen LogP contribution in [0.2, 0.25) is 0 Å². The fourth-order valence-electron chi connectivity index (χ4n) is 3.70. The monoisotopic (exact) mass is 480 g/mol. The van der Waals surface area contributed by atoms with Gasteiger partial charge in [-0.1, -0.05) is 49.8 Å². The molecule has 4 aromatic rings. The molecule has 0 bridgehead atoms. The molecule has 0 saturated heterocycles. The highest BCUT2D eigenvalue weighted by atomic mass is 19.2. The average Bonchev–Trinajstić information content (AvgIpc) is 2.84. The Hall–Kier alpha value is -3.85. The Morgan fingerprint density at radius 1 is 0.686 bits per heavy atom. The standard InChI is InChI=1S/C29H21F5O/c1-2-3-4-13-35-22-16-24(30)27(25(31)17-22)20-10-7-18(8-11-20)5-6-19-9-12-23-21(14-19)15-26(32)29(34)28(23)33/h7-12,14-17H,2-4,13H2,1H3. The molecule has 0 atom stereocenters. The van der Waals surface area contributed by atoms with Crippen molar-refractivity contribution in [2.45, 2.75) is 26.2 Å². The highest BCUT2D eigenvalue weighted by molar-refractivity contribution is 5.84. The summed E-state index contributed by atoms with van der Waals surface area (Å²) in [6.45, 7) is 2.46. The topological polar surface area (TPSA) is 9.23 Å². The molecule has 0 amide bonds. The van der Waals surface area contributed by atoms with Gasteiger partial charge in [-0.05, 0) is 47.7 Å². The van der Waals surface area contributed by atoms with E-state index >= 15 is 0 Å². The van der Waals surface area contributed by atoms with Crippen LogP contribution in [-0.4, -0.2) is 6.61 Å². The molecule has 0 spiro atoms. The van der Waals surface area contributed by atoms with Crippen molar-refractivity contribution in [1.82, 2.24) is 0 Å². The number of unbranched alkanes of at least 4 members (excludes halogenated alkanes) is 2. The maximum atomic E-state index is 14.6. The van der Waals surface area contributed by atoms with Gasteiger partial charge in [0.2, 0.25) is 0 Å². The van der Waals surface area contributed by atoms with Crippen LogP contribution < -0.4 is 4.74 Å². The number of ether oxygens (including phenoxy) is 1. The van der Waals surface area contributed by atoms with Gasteiger partial charge in [-0.2, -0.15) is 0 Å². The molecule has 0 aromatic heterocycles. The first-order valence-electron chi connectivity index (χ1n) is 11.2. The molecule has 4 rings (SSSR count). The highest BCUT2D eigenvalue weighted by Gasteiger charge is 2.15. The summed E-state index contributed by atoms with van der Waals surface area (Å²) in [5.74, 6) is 0.448. The van der Waals surface area contributed by atoms with Gasteiger partial charge in [-0.3, -0.25) is 0 Å². The molecule has 0 saturated carbocycles. The Morgan fingerprint density at radius 3 is 2.03 bits per heavy atom. The van der Waals surface area contributed by atoms with Crippen LogP contribution in [-0.2, 0) is 0 Å². The van der Waals surface area contributed by atoms with E-state index < -0.39 is 29.1 Å². The minimum absolute atomic E-state index is 0.0414. The van der Waals surface area contributed by atoms with E-state index in [1.165, 1.54) is 30.3 Å². The van der Waals surface area contributed by atoms with Crippen LogP contribution in [0, 0.1) is 40.9 Å². The van der Waals surface area contributed by atoms with Gasteiger partial charge >= 0.3 is 0 Å². The van der Waals surface area contributed by atoms with Crippen molar-refractivity contribution < 1.29 is 26.7 Å². The summed E-state index contributed by atoms with van der Waals surface area (Å²) in [6.07, 6.45) is 2.82. The first-order chi connectivity index (χ1) is 16.9. The fourth-order valence-corrected chi connectivity index (χ4v) is 3.70. The minimum atomic E-state index is -1.52. The molecule has 0 aliphatic heterocycles. The van der Waals surface area contributed by atoms with Crippen LogP contribution in [0.1, 0.15) is 37.3 Å². The predicted octanol–water partition coefficient (Wildman–Crippen LogP) is 8.17. The lowest BCUT2D eigenvalue weighted by molar-refractivity contribution is 0.303. The van der Waals surface area contributed by atoms with Crippen molar-refractivity contribution in [2.75, 3.05) is 6.61 Å². The number of fused-ring (bicyclic) bond motifs is 1. The quantitative estimate of drug-likeness (QED) is 0.117. The summed E-state index contributed by atoms with van der Waals surface area (Å²) in [5.41, 5.74) is 1.23. The van der Waals surface area contributed by atoms with E-state index in [1.54, 1.807) is 24.3 Å². The maximum absolute atomic E-state index is 14.6. The van der Waals surface area contributed by atoms with E-state index in [1.807, 2.05) is 0 Å². The highest BCUT2D eigenvalue weighted by Crippen LogP contribution is 2.30. The molecule has 0 aliphatic rings. The zero-order valence-corrected chi connectivity index (χ0v) is 18.9. The minimum Gasteiger partial charge on any atom is -0.493 e. The lowest BCUT2D eigenvalue weighted by Crippen LogP contribution is -1.99. The Morgan fingerprint density at radius 2 is 1.34 bits per heavy atom. The van der Waals surface area contributed by atoms with Crippen molar-refractivity contribution in [3.8, 4) is 28.7 Å². The molecule has 0 fully saturated rings. The van der Waals surface area contributed by atoms with Crippen molar-refractivity contribution in [2.24, 2.45) is 0 Å². The zero-order chi connectivity index (χ0) is 24.9. The van der Waals surface area contributed by atoms with Gasteiger partial charge < -0.3 is 4.74 Å². The molecular weight excluding hydrogens is 459 g/mol. The summed E-state index contributed by atoms with van der Waals surface area (Å²) in [4.78, 5) is 0. The third kappa shape index (κ3) is 5.46. The Bertz CT molecular complexity index is 1410. The second kappa shape index (κ2) is 10.6. The van der Waals surface area contributed by atoms with Gasteiger partial charge in [-0.25, -0.2) is 22.0 Å². The average molecular weight is 480 g/mol. The molecule has 0 heterocycles. The molecule has 178 valence electrons. The fraction of sp³-hybridized carbons (Fsp3) is 0.172. The zero-order valence-electron chi connectivity index (χ0n) is 18.9. The normalized spacial score (nSPS) is 10.8. The van der Waals surface area contributed by atoms with Crippen molar-refractivity contribution in [3.63, 3.8) is 0 Å². The molecular formula is C29H21F5O. The number of benzene rings is 4. The van der Waals surface area contributed by atoms with Crippen LogP contribution in [0.3, 0.4) is 0 Å². The molecule has 0 unspecified atom stereocenters. The summed E-state index contributed by atoms with van der Waals surface area (Å²) in [6, 6.07) is 13.9. The smallest absolute Gasteiger partial charge is 0.195 e. The second-order valence-electron chi connectivity index (χ2n) is 8.07. The lowest BCUT2D eigenvalue weighted by atomic mass is 10.0. The summed E-state index contributed by atoms with van der Waals surface area (Å²) in [5, 5.41) is 0.146. The molecule has 1 nitrogen and oxygen atoms in total. The molecule has 6 heteroatoms. The largest absolute Gasteiger partial charge is 0.493 e. The summed E-state index contributed by atoms with van der Waals surface area (Å²) in [7, 11) is 0. The van der Waals surface area contributed by atoms with E-state index in [-0.39, 0.29) is 22.1 Å². The third-order valence-electron chi connectivity index (χ3n) is 5.53. The van der Waals surface area contributed by atoms with Gasteiger partial charge in [-0.15, -0.1) is 0 Å². The van der Waals surface area contributed by atoms with Crippen molar-refractivity contribution in [1.29, 1.82) is 0 Å². The molecule has 0 aliphatic carbocycles. The van der Waals surface area contributed by atoms with Crippen LogP contribution in [0.15, 0.2) is 60.7 Å². The molecule has 4 aromatic carbocycles. The van der Waals surface area contributed by atoms with Crippen LogP contribution in [0.25, 0.3) is 21.9 Å². The van der Waals surface area contributed by atoms with Crippen molar-refractivity contribution in [3.05, 3.63) is 101 Å². The number of halogens is 5. The predicted molar refractivity (Wildman–Crippen MR) is 127 cm³/mol. The van der Waals surface area contributed by atoms with E-state index in [2.05, 4.69) is 18.8 Å². The van der Waals surface area contributed by atoms with E-state index in [0.29, 0.717) is 23.3 Å². The van der Waals surface area contributed by atoms with Crippen LogP contribution in [0.4, 0.5) is 22.0 Å². The Balaban J connectivity index is 1.53.